The predicted octanol–water partition coefficient (Wildman–Crippen LogP) is 1.15. The number of methoxy groups -OCH3 is 1. The molecule has 1 heterocycles. The molecule has 0 spiro atoms. The van der Waals surface area contributed by atoms with Crippen molar-refractivity contribution in [3.8, 4) is 5.88 Å². The zero-order valence-corrected chi connectivity index (χ0v) is 7.73. The fourth-order valence-electron chi connectivity index (χ4n) is 1.68. The van der Waals surface area contributed by atoms with Crippen molar-refractivity contribution < 1.29 is 4.74 Å². The molecule has 2 N–H and O–H groups in total. The summed E-state index contributed by atoms with van der Waals surface area (Å²) in [5.74, 6) is 2.01. The molecule has 2 atom stereocenters. The second-order valence-corrected chi connectivity index (χ2v) is 3.47. The Hall–Kier alpha value is -1.09. The molecule has 70 valence electrons. The molecule has 2 rings (SSSR count). The lowest BCUT2D eigenvalue weighted by molar-refractivity contribution is 0.397. The summed E-state index contributed by atoms with van der Waals surface area (Å²) in [6.45, 7) is 0.787. The van der Waals surface area contributed by atoms with E-state index in [1.54, 1.807) is 13.3 Å². The van der Waals surface area contributed by atoms with Crippen LogP contribution in [-0.4, -0.2) is 18.6 Å². The fourth-order valence-corrected chi connectivity index (χ4v) is 1.68. The third-order valence-electron chi connectivity index (χ3n) is 2.62. The number of rotatable bonds is 3. The van der Waals surface area contributed by atoms with E-state index in [0.29, 0.717) is 17.7 Å². The molecule has 0 bridgehead atoms. The van der Waals surface area contributed by atoms with Gasteiger partial charge >= 0.3 is 0 Å². The van der Waals surface area contributed by atoms with Crippen molar-refractivity contribution in [3.05, 3.63) is 23.9 Å². The molecule has 1 aliphatic rings. The topological polar surface area (TPSA) is 48.1 Å². The highest BCUT2D eigenvalue weighted by atomic mass is 16.5. The van der Waals surface area contributed by atoms with E-state index in [1.807, 2.05) is 12.1 Å². The molecule has 13 heavy (non-hydrogen) atoms. The molecule has 0 aromatic carbocycles. The van der Waals surface area contributed by atoms with Crippen LogP contribution in [0, 0.1) is 5.92 Å². The maximum absolute atomic E-state index is 5.59. The molecule has 0 unspecified atom stereocenters. The van der Waals surface area contributed by atoms with E-state index >= 15 is 0 Å². The highest BCUT2D eigenvalue weighted by Crippen LogP contribution is 2.46. The number of ether oxygens (including phenoxy) is 1. The average Bonchev–Trinajstić information content (AvgIpc) is 2.97. The monoisotopic (exact) mass is 178 g/mol. The Bertz CT molecular complexity index is 301. The van der Waals surface area contributed by atoms with E-state index in [4.69, 9.17) is 10.5 Å². The lowest BCUT2D eigenvalue weighted by Crippen LogP contribution is -2.02. The van der Waals surface area contributed by atoms with Crippen molar-refractivity contribution in [2.45, 2.75) is 12.3 Å². The quantitative estimate of drug-likeness (QED) is 0.755. The molecule has 0 aliphatic heterocycles. The molecule has 1 aromatic heterocycles. The Labute approximate surface area is 77.9 Å². The zero-order chi connectivity index (χ0) is 9.26. The minimum Gasteiger partial charge on any atom is -0.481 e. The largest absolute Gasteiger partial charge is 0.481 e. The molecule has 3 nitrogen and oxygen atoms in total. The van der Waals surface area contributed by atoms with E-state index in [0.717, 1.165) is 6.54 Å². The van der Waals surface area contributed by atoms with E-state index in [9.17, 15) is 0 Å². The van der Waals surface area contributed by atoms with Gasteiger partial charge in [0.15, 0.2) is 0 Å². The standard InChI is InChI=1S/C10H14N2O/c1-13-10-5-7(2-3-12-10)9-4-8(9)6-11/h2-3,5,8-9H,4,6,11H2,1H3/t8-,9-/m0/s1. The smallest absolute Gasteiger partial charge is 0.213 e. The van der Waals surface area contributed by atoms with Gasteiger partial charge in [-0.3, -0.25) is 0 Å². The Balaban J connectivity index is 2.13. The molecule has 3 heteroatoms. The van der Waals surface area contributed by atoms with Crippen molar-refractivity contribution in [1.82, 2.24) is 4.98 Å². The Morgan fingerprint density at radius 3 is 3.15 bits per heavy atom. The van der Waals surface area contributed by atoms with E-state index in [-0.39, 0.29) is 0 Å². The van der Waals surface area contributed by atoms with Gasteiger partial charge in [0.25, 0.3) is 0 Å². The highest BCUT2D eigenvalue weighted by molar-refractivity contribution is 5.28. The second-order valence-electron chi connectivity index (χ2n) is 3.47. The van der Waals surface area contributed by atoms with Crippen molar-refractivity contribution in [2.24, 2.45) is 11.7 Å². The summed E-state index contributed by atoms with van der Waals surface area (Å²) < 4.78 is 5.06. The van der Waals surface area contributed by atoms with E-state index in [1.165, 1.54) is 12.0 Å². The minimum absolute atomic E-state index is 0.641. The first-order chi connectivity index (χ1) is 6.35. The number of pyridine rings is 1. The lowest BCUT2D eigenvalue weighted by atomic mass is 10.1. The van der Waals surface area contributed by atoms with Gasteiger partial charge in [0.1, 0.15) is 0 Å². The summed E-state index contributed by atoms with van der Waals surface area (Å²) in [6.07, 6.45) is 3.00. The first-order valence-corrected chi connectivity index (χ1v) is 4.55. The molecule has 1 aromatic rings. The van der Waals surface area contributed by atoms with E-state index in [2.05, 4.69) is 4.98 Å². The van der Waals surface area contributed by atoms with Crippen LogP contribution in [0.2, 0.25) is 0 Å². The van der Waals surface area contributed by atoms with Crippen LogP contribution in [0.1, 0.15) is 17.9 Å². The lowest BCUT2D eigenvalue weighted by Gasteiger charge is -2.01. The van der Waals surface area contributed by atoms with Crippen molar-refractivity contribution >= 4 is 0 Å². The summed E-state index contributed by atoms with van der Waals surface area (Å²) >= 11 is 0. The van der Waals surface area contributed by atoms with Gasteiger partial charge in [-0.15, -0.1) is 0 Å². The maximum Gasteiger partial charge on any atom is 0.213 e. The van der Waals surface area contributed by atoms with Crippen LogP contribution < -0.4 is 10.5 Å². The third kappa shape index (κ3) is 1.65. The SMILES string of the molecule is COc1cc([C@@H]2C[C@H]2CN)ccn1. The Kier molecular flexibility index (Phi) is 2.19. The van der Waals surface area contributed by atoms with Gasteiger partial charge in [-0.25, -0.2) is 4.98 Å². The summed E-state index contributed by atoms with van der Waals surface area (Å²) in [7, 11) is 1.64. The third-order valence-corrected chi connectivity index (χ3v) is 2.62. The van der Waals surface area contributed by atoms with Crippen LogP contribution in [0.5, 0.6) is 5.88 Å². The van der Waals surface area contributed by atoms with Crippen LogP contribution in [0.25, 0.3) is 0 Å². The van der Waals surface area contributed by atoms with Gasteiger partial charge in [0, 0.05) is 12.3 Å². The number of hydrogen-bond acceptors (Lipinski definition) is 3. The molecule has 1 aliphatic carbocycles. The predicted molar refractivity (Wildman–Crippen MR) is 50.7 cm³/mol. The Morgan fingerprint density at radius 2 is 2.54 bits per heavy atom. The summed E-state index contributed by atoms with van der Waals surface area (Å²) in [6, 6.07) is 4.04. The molecule has 0 radical (unpaired) electrons. The van der Waals surface area contributed by atoms with Crippen LogP contribution in [0.15, 0.2) is 18.3 Å². The number of hydrogen-bond donors (Lipinski definition) is 1. The molecular weight excluding hydrogens is 164 g/mol. The molecule has 0 amide bonds. The maximum atomic E-state index is 5.59. The van der Waals surface area contributed by atoms with Crippen LogP contribution in [0.3, 0.4) is 0 Å². The van der Waals surface area contributed by atoms with Crippen molar-refractivity contribution in [1.29, 1.82) is 0 Å². The molecule has 0 saturated heterocycles. The first-order valence-electron chi connectivity index (χ1n) is 4.55. The number of nitrogens with zero attached hydrogens (tertiary/aromatic N) is 1. The van der Waals surface area contributed by atoms with Gasteiger partial charge in [-0.05, 0) is 36.4 Å². The highest BCUT2D eigenvalue weighted by Gasteiger charge is 2.36. The normalized spacial score (nSPS) is 25.7. The van der Waals surface area contributed by atoms with Gasteiger partial charge in [-0.2, -0.15) is 0 Å². The molecule has 1 saturated carbocycles. The molecule has 1 fully saturated rings. The van der Waals surface area contributed by atoms with Crippen LogP contribution >= 0.6 is 0 Å². The fraction of sp³-hybridized carbons (Fsp3) is 0.500. The summed E-state index contributed by atoms with van der Waals surface area (Å²) in [4.78, 5) is 4.07. The summed E-state index contributed by atoms with van der Waals surface area (Å²) in [5, 5.41) is 0. The van der Waals surface area contributed by atoms with Gasteiger partial charge < -0.3 is 10.5 Å². The first kappa shape index (κ1) is 8.51. The summed E-state index contributed by atoms with van der Waals surface area (Å²) in [5.41, 5.74) is 6.89. The van der Waals surface area contributed by atoms with Gasteiger partial charge in [0.05, 0.1) is 7.11 Å². The van der Waals surface area contributed by atoms with E-state index < -0.39 is 0 Å². The second kappa shape index (κ2) is 3.34. The Morgan fingerprint density at radius 1 is 1.69 bits per heavy atom. The van der Waals surface area contributed by atoms with Gasteiger partial charge in [-0.1, -0.05) is 0 Å². The number of nitrogens with two attached hydrogens (primary N) is 1. The van der Waals surface area contributed by atoms with Gasteiger partial charge in [0.2, 0.25) is 5.88 Å². The molecular formula is C10H14N2O. The number of aromatic nitrogens is 1. The van der Waals surface area contributed by atoms with Crippen LogP contribution in [0.4, 0.5) is 0 Å². The van der Waals surface area contributed by atoms with Crippen molar-refractivity contribution in [3.63, 3.8) is 0 Å². The average molecular weight is 178 g/mol. The minimum atomic E-state index is 0.641. The zero-order valence-electron chi connectivity index (χ0n) is 7.73. The van der Waals surface area contributed by atoms with Crippen LogP contribution in [-0.2, 0) is 0 Å². The van der Waals surface area contributed by atoms with Crippen molar-refractivity contribution in [2.75, 3.05) is 13.7 Å².